The van der Waals surface area contributed by atoms with Crippen LogP contribution in [-0.4, -0.2) is 11.5 Å². The molecule has 0 saturated heterocycles. The van der Waals surface area contributed by atoms with Gasteiger partial charge >= 0.3 is 0 Å². The summed E-state index contributed by atoms with van der Waals surface area (Å²) in [6.07, 6.45) is 5.74. The van der Waals surface area contributed by atoms with E-state index in [2.05, 4.69) is 29.4 Å². The number of benzene rings is 1. The molecular formula is C16H19ClN2. The fraction of sp³-hybridized carbons (Fsp3) is 0.312. The number of rotatable bonds is 6. The molecule has 1 heterocycles. The first-order chi connectivity index (χ1) is 9.31. The Bertz CT molecular complexity index is 499. The van der Waals surface area contributed by atoms with Crippen LogP contribution in [0.4, 0.5) is 0 Å². The Balaban J connectivity index is 2.07. The summed E-state index contributed by atoms with van der Waals surface area (Å²) in [4.78, 5) is 4.15. The number of aryl methyl sites for hydroxylation is 1. The maximum atomic E-state index is 6.28. The Morgan fingerprint density at radius 2 is 2.05 bits per heavy atom. The fourth-order valence-corrected chi connectivity index (χ4v) is 2.50. The van der Waals surface area contributed by atoms with Crippen LogP contribution in [0.2, 0.25) is 5.02 Å². The van der Waals surface area contributed by atoms with Gasteiger partial charge in [-0.2, -0.15) is 0 Å². The van der Waals surface area contributed by atoms with Crippen molar-refractivity contribution in [3.63, 3.8) is 0 Å². The largest absolute Gasteiger partial charge is 0.310 e. The summed E-state index contributed by atoms with van der Waals surface area (Å²) in [7, 11) is 0. The van der Waals surface area contributed by atoms with Crippen molar-refractivity contribution in [1.29, 1.82) is 0 Å². The molecule has 2 nitrogen and oxygen atoms in total. The van der Waals surface area contributed by atoms with Crippen LogP contribution in [0.15, 0.2) is 48.8 Å². The van der Waals surface area contributed by atoms with E-state index >= 15 is 0 Å². The van der Waals surface area contributed by atoms with Gasteiger partial charge in [0.05, 0.1) is 0 Å². The highest BCUT2D eigenvalue weighted by atomic mass is 35.5. The van der Waals surface area contributed by atoms with Gasteiger partial charge in [0.25, 0.3) is 0 Å². The Labute approximate surface area is 119 Å². The van der Waals surface area contributed by atoms with Crippen LogP contribution in [-0.2, 0) is 6.42 Å². The van der Waals surface area contributed by atoms with E-state index in [0.717, 1.165) is 24.4 Å². The lowest BCUT2D eigenvalue weighted by molar-refractivity contribution is 0.515. The van der Waals surface area contributed by atoms with Crippen molar-refractivity contribution in [2.45, 2.75) is 25.8 Å². The molecule has 1 N–H and O–H groups in total. The van der Waals surface area contributed by atoms with E-state index < -0.39 is 0 Å². The second kappa shape index (κ2) is 7.27. The summed E-state index contributed by atoms with van der Waals surface area (Å²) in [5.74, 6) is 0. The predicted molar refractivity (Wildman–Crippen MR) is 80.4 cm³/mol. The van der Waals surface area contributed by atoms with Crippen LogP contribution >= 0.6 is 11.6 Å². The second-order valence-corrected chi connectivity index (χ2v) is 4.94. The minimum Gasteiger partial charge on any atom is -0.310 e. The minimum atomic E-state index is 0.291. The monoisotopic (exact) mass is 274 g/mol. The summed E-state index contributed by atoms with van der Waals surface area (Å²) in [6.45, 7) is 3.05. The molecule has 100 valence electrons. The van der Waals surface area contributed by atoms with Crippen molar-refractivity contribution in [1.82, 2.24) is 10.3 Å². The molecule has 0 saturated carbocycles. The van der Waals surface area contributed by atoms with Gasteiger partial charge in [0, 0.05) is 23.5 Å². The van der Waals surface area contributed by atoms with E-state index in [1.807, 2.05) is 30.5 Å². The Hall–Kier alpha value is -1.38. The first-order valence-corrected chi connectivity index (χ1v) is 7.05. The molecule has 0 radical (unpaired) electrons. The molecule has 0 bridgehead atoms. The highest BCUT2D eigenvalue weighted by molar-refractivity contribution is 6.31. The zero-order valence-corrected chi connectivity index (χ0v) is 11.9. The fourth-order valence-electron chi connectivity index (χ4n) is 2.23. The molecule has 1 aromatic carbocycles. The molecule has 0 aliphatic rings. The number of hydrogen-bond acceptors (Lipinski definition) is 2. The normalized spacial score (nSPS) is 12.3. The van der Waals surface area contributed by atoms with Crippen molar-refractivity contribution < 1.29 is 0 Å². The molecule has 1 unspecified atom stereocenters. The maximum absolute atomic E-state index is 6.28. The Morgan fingerprint density at radius 1 is 1.21 bits per heavy atom. The second-order valence-electron chi connectivity index (χ2n) is 4.53. The van der Waals surface area contributed by atoms with Crippen molar-refractivity contribution in [3.8, 4) is 0 Å². The molecule has 1 atom stereocenters. The lowest BCUT2D eigenvalue weighted by Crippen LogP contribution is -2.21. The summed E-state index contributed by atoms with van der Waals surface area (Å²) >= 11 is 6.28. The molecule has 0 fully saturated rings. The molecule has 2 rings (SSSR count). The van der Waals surface area contributed by atoms with E-state index in [1.54, 1.807) is 6.20 Å². The number of pyridine rings is 1. The summed E-state index contributed by atoms with van der Waals surface area (Å²) in [5.41, 5.74) is 2.44. The standard InChI is InChI=1S/C16H19ClN2/c1-2-19-16(14-7-3-4-8-15(14)17)10-9-13-6-5-11-18-12-13/h3-8,11-12,16,19H,2,9-10H2,1H3. The molecule has 19 heavy (non-hydrogen) atoms. The molecule has 2 aromatic rings. The number of nitrogens with one attached hydrogen (secondary N) is 1. The van der Waals surface area contributed by atoms with E-state index in [1.165, 1.54) is 11.1 Å². The average molecular weight is 275 g/mol. The molecule has 3 heteroatoms. The van der Waals surface area contributed by atoms with E-state index in [-0.39, 0.29) is 0 Å². The molecule has 1 aromatic heterocycles. The van der Waals surface area contributed by atoms with Gasteiger partial charge in [-0.15, -0.1) is 0 Å². The summed E-state index contributed by atoms with van der Waals surface area (Å²) < 4.78 is 0. The lowest BCUT2D eigenvalue weighted by atomic mass is 9.99. The lowest BCUT2D eigenvalue weighted by Gasteiger charge is -2.19. The van der Waals surface area contributed by atoms with Gasteiger partial charge in [-0.1, -0.05) is 42.8 Å². The number of halogens is 1. The molecule has 0 amide bonds. The number of hydrogen-bond donors (Lipinski definition) is 1. The van der Waals surface area contributed by atoms with Gasteiger partial charge in [-0.3, -0.25) is 4.98 Å². The van der Waals surface area contributed by atoms with Crippen molar-refractivity contribution in [2.24, 2.45) is 0 Å². The van der Waals surface area contributed by atoms with Crippen LogP contribution in [0.5, 0.6) is 0 Å². The molecule has 0 aliphatic carbocycles. The van der Waals surface area contributed by atoms with Crippen LogP contribution in [0.3, 0.4) is 0 Å². The van der Waals surface area contributed by atoms with Gasteiger partial charge < -0.3 is 5.32 Å². The van der Waals surface area contributed by atoms with Gasteiger partial charge in [0.2, 0.25) is 0 Å². The van der Waals surface area contributed by atoms with Crippen molar-refractivity contribution in [2.75, 3.05) is 6.54 Å². The maximum Gasteiger partial charge on any atom is 0.0453 e. The third kappa shape index (κ3) is 4.05. The van der Waals surface area contributed by atoms with Gasteiger partial charge in [0.1, 0.15) is 0 Å². The Morgan fingerprint density at radius 3 is 2.74 bits per heavy atom. The highest BCUT2D eigenvalue weighted by Crippen LogP contribution is 2.26. The van der Waals surface area contributed by atoms with Gasteiger partial charge in [-0.25, -0.2) is 0 Å². The minimum absolute atomic E-state index is 0.291. The zero-order chi connectivity index (χ0) is 13.5. The van der Waals surface area contributed by atoms with E-state index in [0.29, 0.717) is 6.04 Å². The average Bonchev–Trinajstić information content (AvgIpc) is 2.45. The van der Waals surface area contributed by atoms with Gasteiger partial charge in [-0.05, 0) is 42.6 Å². The van der Waals surface area contributed by atoms with Crippen LogP contribution < -0.4 is 5.32 Å². The van der Waals surface area contributed by atoms with E-state index in [4.69, 9.17) is 11.6 Å². The third-order valence-electron chi connectivity index (χ3n) is 3.18. The smallest absolute Gasteiger partial charge is 0.0453 e. The van der Waals surface area contributed by atoms with Crippen molar-refractivity contribution in [3.05, 3.63) is 64.9 Å². The van der Waals surface area contributed by atoms with Gasteiger partial charge in [0.15, 0.2) is 0 Å². The van der Waals surface area contributed by atoms with E-state index in [9.17, 15) is 0 Å². The third-order valence-corrected chi connectivity index (χ3v) is 3.52. The number of nitrogens with zero attached hydrogens (tertiary/aromatic N) is 1. The van der Waals surface area contributed by atoms with Crippen molar-refractivity contribution >= 4 is 11.6 Å². The number of aromatic nitrogens is 1. The van der Waals surface area contributed by atoms with Crippen LogP contribution in [0.1, 0.15) is 30.5 Å². The topological polar surface area (TPSA) is 24.9 Å². The zero-order valence-electron chi connectivity index (χ0n) is 11.1. The molecular weight excluding hydrogens is 256 g/mol. The molecule has 0 spiro atoms. The van der Waals surface area contributed by atoms with Crippen LogP contribution in [0, 0.1) is 0 Å². The highest BCUT2D eigenvalue weighted by Gasteiger charge is 2.13. The SMILES string of the molecule is CCNC(CCc1cccnc1)c1ccccc1Cl. The first-order valence-electron chi connectivity index (χ1n) is 6.68. The first kappa shape index (κ1) is 14.0. The molecule has 0 aliphatic heterocycles. The quantitative estimate of drug-likeness (QED) is 0.861. The predicted octanol–water partition coefficient (Wildman–Crippen LogP) is 4.02. The Kier molecular flexibility index (Phi) is 5.37. The van der Waals surface area contributed by atoms with Crippen LogP contribution in [0.25, 0.3) is 0 Å². The summed E-state index contributed by atoms with van der Waals surface area (Å²) in [5, 5.41) is 4.34. The summed E-state index contributed by atoms with van der Waals surface area (Å²) in [6, 6.07) is 12.4.